The lowest BCUT2D eigenvalue weighted by Crippen LogP contribution is -2.33. The highest BCUT2D eigenvalue weighted by atomic mass is 16.3. The summed E-state index contributed by atoms with van der Waals surface area (Å²) < 4.78 is 3.44. The number of hydrogen-bond acceptors (Lipinski definition) is 7. The highest BCUT2D eigenvalue weighted by Crippen LogP contribution is 2.22. The zero-order valence-electron chi connectivity index (χ0n) is 15.9. The van der Waals surface area contributed by atoms with Gasteiger partial charge in [0.25, 0.3) is 5.56 Å². The second-order valence-corrected chi connectivity index (χ2v) is 6.94. The van der Waals surface area contributed by atoms with Crippen LogP contribution in [-0.4, -0.2) is 41.0 Å². The number of nitrogens with zero attached hydrogens (tertiary/aromatic N) is 7. The Kier molecular flexibility index (Phi) is 4.09. The van der Waals surface area contributed by atoms with Crippen molar-refractivity contribution in [3.63, 3.8) is 0 Å². The molecule has 0 radical (unpaired) electrons. The summed E-state index contributed by atoms with van der Waals surface area (Å²) in [4.78, 5) is 32.7. The number of hydrogen-bond donors (Lipinski definition) is 1. The van der Waals surface area contributed by atoms with Crippen molar-refractivity contribution in [2.45, 2.75) is 19.6 Å². The summed E-state index contributed by atoms with van der Waals surface area (Å²) in [7, 11) is 1.88. The maximum absolute atomic E-state index is 13.2. The Morgan fingerprint density at radius 1 is 1.07 bits per heavy atom. The molecule has 9 heteroatoms. The van der Waals surface area contributed by atoms with E-state index < -0.39 is 0 Å². The van der Waals surface area contributed by atoms with Gasteiger partial charge in [0.1, 0.15) is 12.4 Å². The molecule has 4 aromatic rings. The fourth-order valence-corrected chi connectivity index (χ4v) is 3.83. The van der Waals surface area contributed by atoms with E-state index in [1.807, 2.05) is 40.9 Å². The molecular weight excluding hydrogens is 370 g/mol. The average Bonchev–Trinajstić information content (AvgIpc) is 3.03. The van der Waals surface area contributed by atoms with Gasteiger partial charge < -0.3 is 10.0 Å². The molecule has 0 bridgehead atoms. The lowest BCUT2D eigenvalue weighted by Gasteiger charge is -2.27. The van der Waals surface area contributed by atoms with Gasteiger partial charge in [0.2, 0.25) is 0 Å². The summed E-state index contributed by atoms with van der Waals surface area (Å²) >= 11 is 0. The Bertz CT molecular complexity index is 1280. The number of aliphatic hydroxyl groups excluding tert-OH is 1. The molecule has 5 rings (SSSR count). The molecule has 146 valence electrons. The van der Waals surface area contributed by atoms with Gasteiger partial charge in [-0.3, -0.25) is 14.5 Å². The number of fused-ring (bicyclic) bond motifs is 2. The monoisotopic (exact) mass is 389 g/mol. The van der Waals surface area contributed by atoms with E-state index in [4.69, 9.17) is 0 Å². The predicted molar refractivity (Wildman–Crippen MR) is 107 cm³/mol. The van der Waals surface area contributed by atoms with Gasteiger partial charge in [-0.15, -0.1) is 0 Å². The quantitative estimate of drug-likeness (QED) is 0.557. The molecule has 0 saturated carbocycles. The molecule has 0 spiro atoms. The van der Waals surface area contributed by atoms with Crippen molar-refractivity contribution < 1.29 is 5.11 Å². The van der Waals surface area contributed by atoms with E-state index in [0.29, 0.717) is 30.4 Å². The number of rotatable bonds is 3. The minimum absolute atomic E-state index is 0.104. The van der Waals surface area contributed by atoms with E-state index in [9.17, 15) is 9.90 Å². The van der Waals surface area contributed by atoms with Crippen LogP contribution in [0.4, 0.5) is 5.82 Å². The molecule has 9 nitrogen and oxygen atoms in total. The second kappa shape index (κ2) is 6.78. The lowest BCUT2D eigenvalue weighted by atomic mass is 10.1. The molecule has 1 aliphatic rings. The molecule has 0 fully saturated rings. The molecule has 0 amide bonds. The van der Waals surface area contributed by atoms with E-state index in [1.54, 1.807) is 23.1 Å². The maximum atomic E-state index is 13.2. The van der Waals surface area contributed by atoms with Gasteiger partial charge in [-0.05, 0) is 18.2 Å². The highest BCUT2D eigenvalue weighted by molar-refractivity contribution is 5.74. The van der Waals surface area contributed by atoms with Crippen LogP contribution in [0.1, 0.15) is 17.1 Å². The number of benzene rings is 1. The third-order valence-corrected chi connectivity index (χ3v) is 5.27. The van der Waals surface area contributed by atoms with Crippen molar-refractivity contribution in [2.24, 2.45) is 7.05 Å². The van der Waals surface area contributed by atoms with Crippen LogP contribution in [0, 0.1) is 0 Å². The molecule has 3 aromatic heterocycles. The topological polar surface area (TPSA) is 102 Å². The van der Waals surface area contributed by atoms with E-state index in [1.165, 1.54) is 0 Å². The fourth-order valence-electron chi connectivity index (χ4n) is 3.83. The van der Waals surface area contributed by atoms with Crippen LogP contribution in [0.2, 0.25) is 0 Å². The van der Waals surface area contributed by atoms with Crippen molar-refractivity contribution >= 4 is 16.9 Å². The Labute approximate surface area is 165 Å². The first-order valence-corrected chi connectivity index (χ1v) is 9.35. The standard InChI is InChI=1S/C20H19N7O2/c1-25-16-7-9-26(18-6-8-21-17(12-28)24-18)11-13(16)20(29)27(25)19-10-22-14-4-2-3-5-15(14)23-19/h2-6,8,10,28H,7,9,11-12H2,1H3. The van der Waals surface area contributed by atoms with E-state index in [0.717, 1.165) is 28.8 Å². The molecule has 1 aliphatic heterocycles. The van der Waals surface area contributed by atoms with E-state index in [-0.39, 0.29) is 12.2 Å². The van der Waals surface area contributed by atoms with Gasteiger partial charge in [0, 0.05) is 31.9 Å². The molecule has 29 heavy (non-hydrogen) atoms. The van der Waals surface area contributed by atoms with Crippen LogP contribution in [0.15, 0.2) is 47.5 Å². The van der Waals surface area contributed by atoms with Crippen LogP contribution in [0.25, 0.3) is 16.9 Å². The zero-order chi connectivity index (χ0) is 20.0. The first kappa shape index (κ1) is 17.5. The van der Waals surface area contributed by atoms with Crippen LogP contribution in [0.5, 0.6) is 0 Å². The van der Waals surface area contributed by atoms with Gasteiger partial charge in [0.05, 0.1) is 29.3 Å². The van der Waals surface area contributed by atoms with Crippen LogP contribution >= 0.6 is 0 Å². The van der Waals surface area contributed by atoms with Crippen molar-refractivity contribution in [3.05, 3.63) is 70.2 Å². The number of para-hydroxylation sites is 2. The summed E-state index contributed by atoms with van der Waals surface area (Å²) in [5.74, 6) is 1.57. The van der Waals surface area contributed by atoms with Crippen LogP contribution in [0.3, 0.4) is 0 Å². The summed E-state index contributed by atoms with van der Waals surface area (Å²) in [5.41, 5.74) is 3.14. The second-order valence-electron chi connectivity index (χ2n) is 6.94. The van der Waals surface area contributed by atoms with Crippen molar-refractivity contribution in [2.75, 3.05) is 11.4 Å². The van der Waals surface area contributed by atoms with Gasteiger partial charge in [-0.1, -0.05) is 12.1 Å². The molecule has 1 N–H and O–H groups in total. The molecular formula is C20H19N7O2. The number of aromatic nitrogens is 6. The number of aliphatic hydroxyl groups is 1. The zero-order valence-corrected chi connectivity index (χ0v) is 15.9. The third-order valence-electron chi connectivity index (χ3n) is 5.27. The summed E-state index contributed by atoms with van der Waals surface area (Å²) in [6.45, 7) is 0.944. The Balaban J connectivity index is 1.56. The number of anilines is 1. The normalized spacial score (nSPS) is 13.7. The van der Waals surface area contributed by atoms with Gasteiger partial charge in [-0.25, -0.2) is 15.0 Å². The summed E-state index contributed by atoms with van der Waals surface area (Å²) in [5, 5.41) is 9.29. The molecule has 0 saturated heterocycles. The first-order valence-electron chi connectivity index (χ1n) is 9.35. The molecule has 4 heterocycles. The first-order chi connectivity index (χ1) is 14.2. The van der Waals surface area contributed by atoms with Crippen LogP contribution in [-0.2, 0) is 26.6 Å². The molecule has 0 atom stereocenters. The fraction of sp³-hybridized carbons (Fsp3) is 0.250. The molecule has 0 unspecified atom stereocenters. The largest absolute Gasteiger partial charge is 0.388 e. The minimum Gasteiger partial charge on any atom is -0.388 e. The molecule has 0 aliphatic carbocycles. The van der Waals surface area contributed by atoms with Crippen molar-refractivity contribution in [1.82, 2.24) is 29.3 Å². The van der Waals surface area contributed by atoms with Gasteiger partial charge in [-0.2, -0.15) is 4.68 Å². The predicted octanol–water partition coefficient (Wildman–Crippen LogP) is 0.964. The van der Waals surface area contributed by atoms with Crippen LogP contribution < -0.4 is 10.5 Å². The minimum atomic E-state index is -0.217. The van der Waals surface area contributed by atoms with Gasteiger partial charge in [0.15, 0.2) is 11.6 Å². The van der Waals surface area contributed by atoms with E-state index in [2.05, 4.69) is 19.9 Å². The summed E-state index contributed by atoms with van der Waals surface area (Å²) in [6.07, 6.45) is 3.95. The Hall–Kier alpha value is -3.59. The van der Waals surface area contributed by atoms with Gasteiger partial charge >= 0.3 is 0 Å². The lowest BCUT2D eigenvalue weighted by molar-refractivity contribution is 0.271. The molecule has 1 aromatic carbocycles. The summed E-state index contributed by atoms with van der Waals surface area (Å²) in [6, 6.07) is 9.38. The average molecular weight is 389 g/mol. The highest BCUT2D eigenvalue weighted by Gasteiger charge is 2.27. The van der Waals surface area contributed by atoms with Crippen molar-refractivity contribution in [1.29, 1.82) is 0 Å². The maximum Gasteiger partial charge on any atom is 0.278 e. The Morgan fingerprint density at radius 3 is 2.72 bits per heavy atom. The third kappa shape index (κ3) is 2.87. The van der Waals surface area contributed by atoms with Crippen molar-refractivity contribution in [3.8, 4) is 5.82 Å². The smallest absolute Gasteiger partial charge is 0.278 e. The SMILES string of the molecule is Cn1c2c(c(=O)n1-c1cnc3ccccc3n1)CN(c1ccnc(CO)n1)CC2. The Morgan fingerprint density at radius 2 is 1.90 bits per heavy atom. The van der Waals surface area contributed by atoms with E-state index >= 15 is 0 Å².